The van der Waals surface area contributed by atoms with E-state index in [1.165, 1.54) is 6.07 Å². The fraction of sp³-hybridized carbons (Fsp3) is 0.500. The first-order valence-corrected chi connectivity index (χ1v) is 7.79. The molecule has 1 aliphatic carbocycles. The molecule has 0 atom stereocenters. The van der Waals surface area contributed by atoms with Crippen LogP contribution < -0.4 is 9.80 Å². The average molecular weight is 302 g/mol. The average Bonchev–Trinajstić information content (AvgIpc) is 3.27. The molecule has 22 heavy (non-hydrogen) atoms. The lowest BCUT2D eigenvalue weighted by atomic mass is 10.2. The second-order valence-corrected chi connectivity index (χ2v) is 6.15. The van der Waals surface area contributed by atoms with E-state index < -0.39 is 0 Å². The second-order valence-electron chi connectivity index (χ2n) is 6.15. The zero-order valence-electron chi connectivity index (χ0n) is 12.6. The standard InChI is InChI=1S/C16H19FN4O/c1-20-7-2-8-21(14-9-12(17)5-6-13(14)20)10-15-18-16(22-19-15)11-3-4-11/h5-6,9,11H,2-4,7-8,10H2,1H3. The fourth-order valence-electron chi connectivity index (χ4n) is 2.98. The minimum atomic E-state index is -0.217. The van der Waals surface area contributed by atoms with E-state index in [0.717, 1.165) is 49.6 Å². The lowest BCUT2D eigenvalue weighted by Crippen LogP contribution is -2.24. The van der Waals surface area contributed by atoms with Gasteiger partial charge in [0.25, 0.3) is 0 Å². The lowest BCUT2D eigenvalue weighted by Gasteiger charge is -2.24. The number of rotatable bonds is 3. The molecule has 2 aliphatic rings. The molecule has 1 aromatic heterocycles. The number of fused-ring (bicyclic) bond motifs is 1. The van der Waals surface area contributed by atoms with E-state index in [2.05, 4.69) is 19.9 Å². The van der Waals surface area contributed by atoms with Gasteiger partial charge >= 0.3 is 0 Å². The monoisotopic (exact) mass is 302 g/mol. The predicted octanol–water partition coefficient (Wildman–Crippen LogP) is 2.93. The summed E-state index contributed by atoms with van der Waals surface area (Å²) in [5, 5.41) is 4.08. The first-order chi connectivity index (χ1) is 10.7. The van der Waals surface area contributed by atoms with Gasteiger partial charge in [-0.15, -0.1) is 0 Å². The van der Waals surface area contributed by atoms with Gasteiger partial charge in [-0.05, 0) is 37.5 Å². The Morgan fingerprint density at radius 3 is 2.95 bits per heavy atom. The Balaban J connectivity index is 1.62. The van der Waals surface area contributed by atoms with E-state index in [9.17, 15) is 4.39 Å². The number of halogens is 1. The summed E-state index contributed by atoms with van der Waals surface area (Å²) in [6, 6.07) is 4.95. The number of hydrogen-bond acceptors (Lipinski definition) is 5. The van der Waals surface area contributed by atoms with Gasteiger partial charge in [0, 0.05) is 26.1 Å². The second kappa shape index (κ2) is 5.26. The smallest absolute Gasteiger partial charge is 0.229 e. The van der Waals surface area contributed by atoms with Crippen molar-refractivity contribution in [3.05, 3.63) is 35.7 Å². The predicted molar refractivity (Wildman–Crippen MR) is 81.6 cm³/mol. The summed E-state index contributed by atoms with van der Waals surface area (Å²) in [7, 11) is 2.04. The molecule has 0 spiro atoms. The molecule has 5 nitrogen and oxygen atoms in total. The van der Waals surface area contributed by atoms with E-state index >= 15 is 0 Å². The highest BCUT2D eigenvalue weighted by molar-refractivity contribution is 5.71. The van der Waals surface area contributed by atoms with E-state index in [-0.39, 0.29) is 5.82 Å². The molecule has 1 fully saturated rings. The number of aromatic nitrogens is 2. The lowest BCUT2D eigenvalue weighted by molar-refractivity contribution is 0.373. The number of hydrogen-bond donors (Lipinski definition) is 0. The topological polar surface area (TPSA) is 45.4 Å². The molecule has 0 radical (unpaired) electrons. The van der Waals surface area contributed by atoms with Crippen molar-refractivity contribution in [2.45, 2.75) is 31.7 Å². The van der Waals surface area contributed by atoms with E-state index in [0.29, 0.717) is 18.3 Å². The summed E-state index contributed by atoms with van der Waals surface area (Å²) in [4.78, 5) is 8.79. The van der Waals surface area contributed by atoms with Gasteiger partial charge in [0.15, 0.2) is 5.82 Å². The van der Waals surface area contributed by atoms with Crippen molar-refractivity contribution < 1.29 is 8.91 Å². The number of benzene rings is 1. The first kappa shape index (κ1) is 13.5. The largest absolute Gasteiger partial charge is 0.373 e. The maximum absolute atomic E-state index is 13.7. The zero-order valence-corrected chi connectivity index (χ0v) is 12.6. The summed E-state index contributed by atoms with van der Waals surface area (Å²) >= 11 is 0. The maximum atomic E-state index is 13.7. The molecule has 0 amide bonds. The zero-order chi connectivity index (χ0) is 15.1. The van der Waals surface area contributed by atoms with Crippen molar-refractivity contribution in [1.29, 1.82) is 0 Å². The van der Waals surface area contributed by atoms with Crippen LogP contribution in [0.2, 0.25) is 0 Å². The third-order valence-corrected chi connectivity index (χ3v) is 4.35. The first-order valence-electron chi connectivity index (χ1n) is 7.79. The molecule has 2 aromatic rings. The molecular weight excluding hydrogens is 283 g/mol. The van der Waals surface area contributed by atoms with Crippen molar-refractivity contribution in [1.82, 2.24) is 10.1 Å². The Hall–Kier alpha value is -2.11. The maximum Gasteiger partial charge on any atom is 0.229 e. The summed E-state index contributed by atoms with van der Waals surface area (Å²) in [6.45, 7) is 2.36. The molecule has 0 unspecified atom stereocenters. The van der Waals surface area contributed by atoms with Crippen LogP contribution in [0.15, 0.2) is 22.7 Å². The van der Waals surface area contributed by atoms with E-state index in [1.54, 1.807) is 6.07 Å². The molecule has 4 rings (SSSR count). The highest BCUT2D eigenvalue weighted by Crippen LogP contribution is 2.39. The van der Waals surface area contributed by atoms with Crippen molar-refractivity contribution >= 4 is 11.4 Å². The summed E-state index contributed by atoms with van der Waals surface area (Å²) in [5.41, 5.74) is 1.95. The van der Waals surface area contributed by atoms with Crippen molar-refractivity contribution in [2.24, 2.45) is 0 Å². The Bertz CT molecular complexity index is 683. The molecule has 0 N–H and O–H groups in total. The quantitative estimate of drug-likeness (QED) is 0.872. The van der Waals surface area contributed by atoms with Crippen molar-refractivity contribution in [3.8, 4) is 0 Å². The van der Waals surface area contributed by atoms with Gasteiger partial charge in [0.2, 0.25) is 5.89 Å². The minimum absolute atomic E-state index is 0.217. The van der Waals surface area contributed by atoms with E-state index in [4.69, 9.17) is 4.52 Å². The van der Waals surface area contributed by atoms with Gasteiger partial charge in [0.1, 0.15) is 5.82 Å². The minimum Gasteiger partial charge on any atom is -0.373 e. The van der Waals surface area contributed by atoms with E-state index in [1.807, 2.05) is 13.1 Å². The van der Waals surface area contributed by atoms with Gasteiger partial charge in [-0.25, -0.2) is 4.39 Å². The van der Waals surface area contributed by atoms with Gasteiger partial charge in [-0.3, -0.25) is 0 Å². The van der Waals surface area contributed by atoms with Crippen LogP contribution in [0.4, 0.5) is 15.8 Å². The number of anilines is 2. The van der Waals surface area contributed by atoms with Crippen LogP contribution in [0.5, 0.6) is 0 Å². The van der Waals surface area contributed by atoms with Gasteiger partial charge in [0.05, 0.1) is 17.9 Å². The van der Waals surface area contributed by atoms with Crippen molar-refractivity contribution in [2.75, 3.05) is 29.9 Å². The van der Waals surface area contributed by atoms with Crippen LogP contribution in [0.1, 0.15) is 36.9 Å². The molecule has 0 saturated heterocycles. The highest BCUT2D eigenvalue weighted by atomic mass is 19.1. The summed E-state index contributed by atoms with van der Waals surface area (Å²) in [6.07, 6.45) is 3.30. The van der Waals surface area contributed by atoms with Gasteiger partial charge in [-0.1, -0.05) is 5.16 Å². The summed E-state index contributed by atoms with van der Waals surface area (Å²) in [5.74, 6) is 1.68. The Labute approximate surface area is 128 Å². The third-order valence-electron chi connectivity index (χ3n) is 4.35. The van der Waals surface area contributed by atoms with Crippen LogP contribution in [0.3, 0.4) is 0 Å². The molecule has 1 aromatic carbocycles. The molecule has 0 bridgehead atoms. The Morgan fingerprint density at radius 2 is 2.14 bits per heavy atom. The third kappa shape index (κ3) is 2.53. The molecule has 6 heteroatoms. The molecule has 1 aliphatic heterocycles. The van der Waals surface area contributed by atoms with Crippen LogP contribution >= 0.6 is 0 Å². The molecule has 2 heterocycles. The molecular formula is C16H19FN4O. The summed E-state index contributed by atoms with van der Waals surface area (Å²) < 4.78 is 19.0. The van der Waals surface area contributed by atoms with Crippen LogP contribution in [0.25, 0.3) is 0 Å². The van der Waals surface area contributed by atoms with Gasteiger partial charge in [-0.2, -0.15) is 4.98 Å². The highest BCUT2D eigenvalue weighted by Gasteiger charge is 2.30. The normalized spacial score (nSPS) is 18.3. The Kier molecular flexibility index (Phi) is 3.24. The molecule has 1 saturated carbocycles. The van der Waals surface area contributed by atoms with Crippen LogP contribution in [0, 0.1) is 5.82 Å². The SMILES string of the molecule is CN1CCCN(Cc2noc(C3CC3)n2)c2cc(F)ccc21. The molecule has 116 valence electrons. The van der Waals surface area contributed by atoms with Crippen LogP contribution in [-0.4, -0.2) is 30.3 Å². The van der Waals surface area contributed by atoms with Gasteiger partial charge < -0.3 is 14.3 Å². The number of nitrogens with zero attached hydrogens (tertiary/aromatic N) is 4. The fourth-order valence-corrected chi connectivity index (χ4v) is 2.98. The van der Waals surface area contributed by atoms with Crippen LogP contribution in [-0.2, 0) is 6.54 Å². The van der Waals surface area contributed by atoms with Crippen molar-refractivity contribution in [3.63, 3.8) is 0 Å². The Morgan fingerprint density at radius 1 is 1.27 bits per heavy atom.